The van der Waals surface area contributed by atoms with Crippen molar-refractivity contribution in [3.63, 3.8) is 0 Å². The monoisotopic (exact) mass is 421 g/mol. The lowest BCUT2D eigenvalue weighted by Gasteiger charge is -2.34. The van der Waals surface area contributed by atoms with Crippen molar-refractivity contribution in [3.8, 4) is 6.07 Å². The van der Waals surface area contributed by atoms with Crippen molar-refractivity contribution in [1.82, 2.24) is 15.2 Å². The first-order chi connectivity index (χ1) is 15.0. The molecule has 1 aliphatic carbocycles. The van der Waals surface area contributed by atoms with Crippen LogP contribution in [0.5, 0.6) is 0 Å². The molecule has 4 N–H and O–H groups in total. The van der Waals surface area contributed by atoms with E-state index in [-0.39, 0.29) is 18.2 Å². The van der Waals surface area contributed by atoms with Gasteiger partial charge in [-0.25, -0.2) is 0 Å². The highest BCUT2D eigenvalue weighted by molar-refractivity contribution is 5.83. The topological polar surface area (TPSA) is 115 Å². The SMILES string of the molecule is N#CC1(NC(=O)CCC2(C(N)=O)CCCCC2)CCN(Cc2c[nH]c3ccccc23)C1. The second-order valence-corrected chi connectivity index (χ2v) is 9.27. The summed E-state index contributed by atoms with van der Waals surface area (Å²) in [5.41, 5.74) is 6.54. The summed E-state index contributed by atoms with van der Waals surface area (Å²) in [7, 11) is 0. The molecule has 0 spiro atoms. The number of carbonyl (C=O) groups excluding carboxylic acids is 2. The minimum Gasteiger partial charge on any atom is -0.369 e. The zero-order valence-corrected chi connectivity index (χ0v) is 18.0. The summed E-state index contributed by atoms with van der Waals surface area (Å²) in [4.78, 5) is 30.3. The van der Waals surface area contributed by atoms with E-state index in [1.807, 2.05) is 24.4 Å². The highest BCUT2D eigenvalue weighted by Gasteiger charge is 2.41. The van der Waals surface area contributed by atoms with Crippen LogP contribution in [0, 0.1) is 16.7 Å². The summed E-state index contributed by atoms with van der Waals surface area (Å²) in [6.07, 6.45) is 7.91. The van der Waals surface area contributed by atoms with E-state index in [1.54, 1.807) is 0 Å². The van der Waals surface area contributed by atoms with E-state index in [4.69, 9.17) is 5.73 Å². The van der Waals surface area contributed by atoms with Crippen molar-refractivity contribution in [2.24, 2.45) is 11.1 Å². The predicted octanol–water partition coefficient (Wildman–Crippen LogP) is 2.97. The molecule has 1 unspecified atom stereocenters. The maximum Gasteiger partial charge on any atom is 0.223 e. The Hall–Kier alpha value is -2.85. The molecule has 31 heavy (non-hydrogen) atoms. The number of fused-ring (bicyclic) bond motifs is 1. The second kappa shape index (κ2) is 8.72. The number of aromatic nitrogens is 1. The lowest BCUT2D eigenvalue weighted by atomic mass is 9.70. The van der Waals surface area contributed by atoms with Crippen LogP contribution in [0.2, 0.25) is 0 Å². The van der Waals surface area contributed by atoms with Crippen molar-refractivity contribution in [3.05, 3.63) is 36.0 Å². The van der Waals surface area contributed by atoms with Crippen LogP contribution in [-0.4, -0.2) is 40.3 Å². The van der Waals surface area contributed by atoms with Gasteiger partial charge in [-0.05, 0) is 37.3 Å². The third kappa shape index (κ3) is 4.45. The number of benzene rings is 1. The van der Waals surface area contributed by atoms with Gasteiger partial charge in [0.1, 0.15) is 5.54 Å². The molecule has 1 saturated carbocycles. The Bertz CT molecular complexity index is 1000. The van der Waals surface area contributed by atoms with Crippen LogP contribution in [0.4, 0.5) is 0 Å². The molecule has 0 bridgehead atoms. The number of nitrogens with zero attached hydrogens (tertiary/aromatic N) is 2. The van der Waals surface area contributed by atoms with Gasteiger partial charge in [-0.2, -0.15) is 5.26 Å². The van der Waals surface area contributed by atoms with Gasteiger partial charge in [0.05, 0.1) is 6.07 Å². The van der Waals surface area contributed by atoms with Crippen molar-refractivity contribution in [2.45, 2.75) is 63.5 Å². The molecule has 4 rings (SSSR count). The molecule has 2 fully saturated rings. The number of hydrogen-bond donors (Lipinski definition) is 3. The molecule has 0 radical (unpaired) electrons. The van der Waals surface area contributed by atoms with Crippen LogP contribution in [0.25, 0.3) is 10.9 Å². The van der Waals surface area contributed by atoms with Gasteiger partial charge in [-0.15, -0.1) is 0 Å². The van der Waals surface area contributed by atoms with E-state index < -0.39 is 11.0 Å². The second-order valence-electron chi connectivity index (χ2n) is 9.27. The van der Waals surface area contributed by atoms with Gasteiger partial charge in [-0.1, -0.05) is 37.5 Å². The number of nitrogens with one attached hydrogen (secondary N) is 2. The van der Waals surface area contributed by atoms with Gasteiger partial charge in [0.25, 0.3) is 0 Å². The molecule has 1 aromatic heterocycles. The highest BCUT2D eigenvalue weighted by atomic mass is 16.2. The fourth-order valence-corrected chi connectivity index (χ4v) is 5.28. The van der Waals surface area contributed by atoms with Gasteiger partial charge in [-0.3, -0.25) is 14.5 Å². The minimum atomic E-state index is -0.879. The molecular formula is C24H31N5O2. The van der Waals surface area contributed by atoms with Crippen LogP contribution in [0.1, 0.15) is 56.9 Å². The highest BCUT2D eigenvalue weighted by Crippen LogP contribution is 2.40. The number of nitriles is 1. The largest absolute Gasteiger partial charge is 0.369 e. The maximum atomic E-state index is 12.7. The van der Waals surface area contributed by atoms with E-state index in [0.717, 1.165) is 50.7 Å². The Balaban J connectivity index is 1.35. The lowest BCUT2D eigenvalue weighted by Crippen LogP contribution is -2.50. The van der Waals surface area contributed by atoms with Gasteiger partial charge in [0.15, 0.2) is 0 Å². The Morgan fingerprint density at radius 3 is 2.71 bits per heavy atom. The molecule has 2 aliphatic rings. The molecule has 1 atom stereocenters. The predicted molar refractivity (Wildman–Crippen MR) is 119 cm³/mol. The molecule has 2 amide bonds. The van der Waals surface area contributed by atoms with E-state index in [9.17, 15) is 14.9 Å². The number of H-pyrrole nitrogens is 1. The van der Waals surface area contributed by atoms with E-state index in [2.05, 4.69) is 27.3 Å². The quantitative estimate of drug-likeness (QED) is 0.637. The van der Waals surface area contributed by atoms with E-state index in [1.165, 1.54) is 10.9 Å². The average Bonchev–Trinajstić information content (AvgIpc) is 3.38. The first-order valence-electron chi connectivity index (χ1n) is 11.2. The van der Waals surface area contributed by atoms with Crippen LogP contribution in [0.15, 0.2) is 30.5 Å². The molecule has 1 aliphatic heterocycles. The molecule has 164 valence electrons. The van der Waals surface area contributed by atoms with Crippen LogP contribution in [-0.2, 0) is 16.1 Å². The Morgan fingerprint density at radius 1 is 1.19 bits per heavy atom. The summed E-state index contributed by atoms with van der Waals surface area (Å²) >= 11 is 0. The number of nitrogens with two attached hydrogens (primary N) is 1. The third-order valence-corrected chi connectivity index (χ3v) is 7.17. The number of likely N-dealkylation sites (tertiary alicyclic amines) is 1. The van der Waals surface area contributed by atoms with E-state index in [0.29, 0.717) is 19.4 Å². The standard InChI is InChI=1S/C24H31N5O2/c25-16-24(28-21(30)8-11-23(22(26)31)9-4-1-5-10-23)12-13-29(17-24)15-18-14-27-20-7-3-2-6-19(18)20/h2-3,6-7,14,27H,1,4-5,8-13,15,17H2,(H2,26,31)(H,28,30). The molecule has 2 heterocycles. The Labute approximate surface area is 183 Å². The van der Waals surface area contributed by atoms with Crippen molar-refractivity contribution < 1.29 is 9.59 Å². The normalized spacial score (nSPS) is 23.5. The first kappa shape index (κ1) is 21.4. The molecule has 7 heteroatoms. The van der Waals surface area contributed by atoms with Crippen molar-refractivity contribution in [1.29, 1.82) is 5.26 Å². The Morgan fingerprint density at radius 2 is 1.97 bits per heavy atom. The van der Waals surface area contributed by atoms with E-state index >= 15 is 0 Å². The molecule has 2 aromatic rings. The summed E-state index contributed by atoms with van der Waals surface area (Å²) in [5, 5.41) is 14.0. The number of primary amides is 1. The maximum absolute atomic E-state index is 12.7. The number of carbonyl (C=O) groups is 2. The van der Waals surface area contributed by atoms with Gasteiger partial charge >= 0.3 is 0 Å². The first-order valence-corrected chi connectivity index (χ1v) is 11.2. The fourth-order valence-electron chi connectivity index (χ4n) is 5.28. The molecule has 1 aromatic carbocycles. The van der Waals surface area contributed by atoms with Crippen LogP contribution >= 0.6 is 0 Å². The average molecular weight is 422 g/mol. The summed E-state index contributed by atoms with van der Waals surface area (Å²) < 4.78 is 0. The zero-order valence-electron chi connectivity index (χ0n) is 18.0. The number of para-hydroxylation sites is 1. The van der Waals surface area contributed by atoms with Crippen LogP contribution < -0.4 is 11.1 Å². The van der Waals surface area contributed by atoms with Gasteiger partial charge in [0.2, 0.25) is 11.8 Å². The smallest absolute Gasteiger partial charge is 0.223 e. The van der Waals surface area contributed by atoms with Crippen LogP contribution in [0.3, 0.4) is 0 Å². The zero-order chi connectivity index (χ0) is 21.9. The minimum absolute atomic E-state index is 0.165. The molecule has 1 saturated heterocycles. The van der Waals surface area contributed by atoms with Gasteiger partial charge < -0.3 is 16.0 Å². The van der Waals surface area contributed by atoms with Gasteiger partial charge in [0, 0.05) is 48.6 Å². The van der Waals surface area contributed by atoms with Crippen molar-refractivity contribution in [2.75, 3.05) is 13.1 Å². The fraction of sp³-hybridized carbons (Fsp3) is 0.542. The number of rotatable bonds is 7. The molecular weight excluding hydrogens is 390 g/mol. The third-order valence-electron chi connectivity index (χ3n) is 7.17. The summed E-state index contributed by atoms with van der Waals surface area (Å²) in [6, 6.07) is 10.5. The number of hydrogen-bond acceptors (Lipinski definition) is 4. The summed E-state index contributed by atoms with van der Waals surface area (Å²) in [6.45, 7) is 1.97. The number of amides is 2. The number of aromatic amines is 1. The lowest BCUT2D eigenvalue weighted by molar-refractivity contribution is -0.131. The Kier molecular flexibility index (Phi) is 6.01. The van der Waals surface area contributed by atoms with Crippen molar-refractivity contribution >= 4 is 22.7 Å². The summed E-state index contributed by atoms with van der Waals surface area (Å²) in [5.74, 6) is -0.456. The molecule has 7 nitrogen and oxygen atoms in total.